The Labute approximate surface area is 87.1 Å². The largest absolute Gasteiger partial charge is 0.281 e. The minimum Gasteiger partial charge on any atom is -0.281 e. The summed E-state index contributed by atoms with van der Waals surface area (Å²) in [6.45, 7) is 0. The van der Waals surface area contributed by atoms with Crippen LogP contribution in [0.25, 0.3) is 0 Å². The lowest BCUT2D eigenvalue weighted by Crippen LogP contribution is -2.39. The van der Waals surface area contributed by atoms with Crippen molar-refractivity contribution in [3.63, 3.8) is 0 Å². The lowest BCUT2D eigenvalue weighted by molar-refractivity contribution is -0.127. The molecule has 1 heterocycles. The van der Waals surface area contributed by atoms with Gasteiger partial charge in [-0.05, 0) is 17.7 Å². The molecule has 2 amide bonds. The Kier molecular flexibility index (Phi) is 2.07. The van der Waals surface area contributed by atoms with E-state index < -0.39 is 0 Å². The number of imide groups is 1. The van der Waals surface area contributed by atoms with E-state index in [1.54, 1.807) is 18.2 Å². The first-order chi connectivity index (χ1) is 6.59. The maximum Gasteiger partial charge on any atom is 0.260 e. The number of hydrogen-bond acceptors (Lipinski definition) is 3. The monoisotopic (exact) mass is 207 g/mol. The van der Waals surface area contributed by atoms with E-state index in [9.17, 15) is 9.59 Å². The number of carbonyl (C=O) groups excluding carboxylic acids is 2. The van der Waals surface area contributed by atoms with Gasteiger partial charge in [0.1, 0.15) is 0 Å². The van der Waals surface area contributed by atoms with Crippen LogP contribution in [0.5, 0.6) is 0 Å². The fourth-order valence-electron chi connectivity index (χ4n) is 1.49. The maximum atomic E-state index is 11.7. The summed E-state index contributed by atoms with van der Waals surface area (Å²) < 4.78 is 0. The first-order valence-electron chi connectivity index (χ1n) is 4.22. The van der Waals surface area contributed by atoms with E-state index in [1.807, 2.05) is 0 Å². The van der Waals surface area contributed by atoms with Gasteiger partial charge in [-0.15, -0.1) is 12.6 Å². The molecule has 4 heteroatoms. The highest BCUT2D eigenvalue weighted by Gasteiger charge is 2.27. The summed E-state index contributed by atoms with van der Waals surface area (Å²) in [5.41, 5.74) is 1.37. The van der Waals surface area contributed by atoms with Crippen LogP contribution in [0.3, 0.4) is 0 Å². The Morgan fingerprint density at radius 1 is 1.36 bits per heavy atom. The molecule has 0 aromatic heterocycles. The van der Waals surface area contributed by atoms with Crippen LogP contribution in [0.15, 0.2) is 23.1 Å². The highest BCUT2D eigenvalue weighted by Crippen LogP contribution is 2.21. The van der Waals surface area contributed by atoms with Gasteiger partial charge >= 0.3 is 0 Å². The van der Waals surface area contributed by atoms with Crippen LogP contribution in [0.1, 0.15) is 15.9 Å². The first kappa shape index (κ1) is 9.27. The third-order valence-corrected chi connectivity index (χ3v) is 2.62. The fourth-order valence-corrected chi connectivity index (χ4v) is 1.70. The molecule has 0 radical (unpaired) electrons. The van der Waals surface area contributed by atoms with Crippen LogP contribution < -0.4 is 0 Å². The van der Waals surface area contributed by atoms with E-state index in [0.29, 0.717) is 12.0 Å². The average Bonchev–Trinajstić information content (AvgIpc) is 2.16. The predicted molar refractivity (Wildman–Crippen MR) is 54.5 cm³/mol. The van der Waals surface area contributed by atoms with Crippen molar-refractivity contribution in [3.05, 3.63) is 29.3 Å². The van der Waals surface area contributed by atoms with E-state index in [-0.39, 0.29) is 11.8 Å². The molecule has 1 aliphatic rings. The number of amides is 2. The van der Waals surface area contributed by atoms with E-state index in [4.69, 9.17) is 0 Å². The Bertz CT molecular complexity index is 428. The summed E-state index contributed by atoms with van der Waals surface area (Å²) >= 11 is 4.16. The zero-order valence-electron chi connectivity index (χ0n) is 7.65. The number of nitrogens with zero attached hydrogens (tertiary/aromatic N) is 1. The standard InChI is InChI=1S/C10H9NO2S/c1-11-9(12)4-6-2-3-7(14)5-8(6)10(11)13/h2-3,5,14H,4H2,1H3. The highest BCUT2D eigenvalue weighted by molar-refractivity contribution is 7.80. The average molecular weight is 207 g/mol. The maximum absolute atomic E-state index is 11.7. The summed E-state index contributed by atoms with van der Waals surface area (Å²) in [5, 5.41) is 0. The normalized spacial score (nSPS) is 15.7. The van der Waals surface area contributed by atoms with Gasteiger partial charge < -0.3 is 0 Å². The second-order valence-corrected chi connectivity index (χ2v) is 3.79. The first-order valence-corrected chi connectivity index (χ1v) is 4.67. The molecule has 1 aromatic carbocycles. The smallest absolute Gasteiger partial charge is 0.260 e. The number of hydrogen-bond donors (Lipinski definition) is 1. The van der Waals surface area contributed by atoms with Crippen LogP contribution in [0.4, 0.5) is 0 Å². The zero-order valence-corrected chi connectivity index (χ0v) is 8.54. The van der Waals surface area contributed by atoms with Crippen molar-refractivity contribution >= 4 is 24.4 Å². The molecule has 72 valence electrons. The molecule has 0 N–H and O–H groups in total. The van der Waals surface area contributed by atoms with Crippen LogP contribution in [0.2, 0.25) is 0 Å². The van der Waals surface area contributed by atoms with Crippen molar-refractivity contribution in [2.45, 2.75) is 11.3 Å². The molecule has 0 unspecified atom stereocenters. The minimum absolute atomic E-state index is 0.158. The summed E-state index contributed by atoms with van der Waals surface area (Å²) in [6, 6.07) is 5.26. The van der Waals surface area contributed by atoms with Gasteiger partial charge in [-0.2, -0.15) is 0 Å². The quantitative estimate of drug-likeness (QED) is 0.511. The molecule has 0 bridgehead atoms. The number of thiol groups is 1. The lowest BCUT2D eigenvalue weighted by Gasteiger charge is -2.23. The second-order valence-electron chi connectivity index (χ2n) is 3.28. The van der Waals surface area contributed by atoms with E-state index in [1.165, 1.54) is 7.05 Å². The van der Waals surface area contributed by atoms with E-state index in [0.717, 1.165) is 15.4 Å². The summed E-state index contributed by atoms with van der Waals surface area (Å²) in [6.07, 6.45) is 0.297. The zero-order chi connectivity index (χ0) is 10.3. The minimum atomic E-state index is -0.243. The molecular weight excluding hydrogens is 198 g/mol. The van der Waals surface area contributed by atoms with Crippen molar-refractivity contribution in [1.82, 2.24) is 4.90 Å². The molecule has 1 aliphatic heterocycles. The number of benzene rings is 1. The fraction of sp³-hybridized carbons (Fsp3) is 0.200. The summed E-state index contributed by atoms with van der Waals surface area (Å²) in [4.78, 5) is 24.9. The van der Waals surface area contributed by atoms with Gasteiger partial charge in [0, 0.05) is 17.5 Å². The van der Waals surface area contributed by atoms with Crippen molar-refractivity contribution < 1.29 is 9.59 Å². The molecule has 0 fully saturated rings. The van der Waals surface area contributed by atoms with E-state index >= 15 is 0 Å². The van der Waals surface area contributed by atoms with Gasteiger partial charge in [0.05, 0.1) is 6.42 Å². The molecule has 3 nitrogen and oxygen atoms in total. The summed E-state index contributed by atoms with van der Waals surface area (Å²) in [5.74, 6) is -0.401. The van der Waals surface area contributed by atoms with Gasteiger partial charge in [-0.3, -0.25) is 14.5 Å². The third kappa shape index (κ3) is 1.32. The molecule has 1 aromatic rings. The molecule has 0 aliphatic carbocycles. The van der Waals surface area contributed by atoms with Crippen LogP contribution in [0, 0.1) is 0 Å². The SMILES string of the molecule is CN1C(=O)Cc2ccc(S)cc2C1=O. The number of fused-ring (bicyclic) bond motifs is 1. The Hall–Kier alpha value is -1.29. The van der Waals surface area contributed by atoms with E-state index in [2.05, 4.69) is 12.6 Å². The van der Waals surface area contributed by atoms with Gasteiger partial charge in [0.15, 0.2) is 0 Å². The van der Waals surface area contributed by atoms with Crippen molar-refractivity contribution in [2.75, 3.05) is 7.05 Å². The number of likely N-dealkylation sites (N-methyl/N-ethyl adjacent to an activating group) is 1. The Morgan fingerprint density at radius 2 is 2.07 bits per heavy atom. The highest BCUT2D eigenvalue weighted by atomic mass is 32.1. The van der Waals surface area contributed by atoms with Crippen molar-refractivity contribution in [1.29, 1.82) is 0 Å². The molecule has 0 saturated heterocycles. The Morgan fingerprint density at radius 3 is 2.79 bits per heavy atom. The molecule has 0 saturated carbocycles. The van der Waals surface area contributed by atoms with Crippen LogP contribution in [-0.4, -0.2) is 23.8 Å². The predicted octanol–water partition coefficient (Wildman–Crippen LogP) is 1.13. The molecule has 14 heavy (non-hydrogen) atoms. The second kappa shape index (κ2) is 3.13. The van der Waals surface area contributed by atoms with Crippen LogP contribution in [-0.2, 0) is 11.2 Å². The van der Waals surface area contributed by atoms with Gasteiger partial charge in [-0.25, -0.2) is 0 Å². The molecule has 0 spiro atoms. The molecule has 2 rings (SSSR count). The van der Waals surface area contributed by atoms with Crippen LogP contribution >= 0.6 is 12.6 Å². The number of rotatable bonds is 0. The van der Waals surface area contributed by atoms with Crippen molar-refractivity contribution in [2.24, 2.45) is 0 Å². The summed E-state index contributed by atoms with van der Waals surface area (Å²) in [7, 11) is 1.50. The molecular formula is C10H9NO2S. The topological polar surface area (TPSA) is 37.4 Å². The Balaban J connectivity index is 2.57. The third-order valence-electron chi connectivity index (χ3n) is 2.34. The van der Waals surface area contributed by atoms with Crippen molar-refractivity contribution in [3.8, 4) is 0 Å². The van der Waals surface area contributed by atoms with Gasteiger partial charge in [0.2, 0.25) is 5.91 Å². The number of carbonyl (C=O) groups is 2. The van der Waals surface area contributed by atoms with Gasteiger partial charge in [0.25, 0.3) is 5.91 Å². The lowest BCUT2D eigenvalue weighted by atomic mass is 9.99. The van der Waals surface area contributed by atoms with Gasteiger partial charge in [-0.1, -0.05) is 6.07 Å². The molecule has 0 atom stereocenters.